The lowest BCUT2D eigenvalue weighted by Gasteiger charge is -2.19. The summed E-state index contributed by atoms with van der Waals surface area (Å²) < 4.78 is 38.5. The zero-order valence-corrected chi connectivity index (χ0v) is 14.4. The Balaban J connectivity index is 1.78. The van der Waals surface area contributed by atoms with E-state index in [4.69, 9.17) is 9.47 Å². The fourth-order valence-electron chi connectivity index (χ4n) is 2.37. The highest BCUT2D eigenvalue weighted by atomic mass is 32.2. The van der Waals surface area contributed by atoms with Gasteiger partial charge in [-0.25, -0.2) is 8.42 Å². The molecule has 6 nitrogen and oxygen atoms in total. The van der Waals surface area contributed by atoms with E-state index in [1.165, 1.54) is 12.1 Å². The van der Waals surface area contributed by atoms with Crippen LogP contribution < -0.4 is 19.5 Å². The molecular weight excluding hydrogens is 328 g/mol. The molecule has 2 aromatic carbocycles. The largest absolute Gasteiger partial charge is 0.486 e. The quantitative estimate of drug-likeness (QED) is 0.868. The highest BCUT2D eigenvalue weighted by molar-refractivity contribution is 7.92. The van der Waals surface area contributed by atoms with Gasteiger partial charge >= 0.3 is 0 Å². The van der Waals surface area contributed by atoms with E-state index in [1.807, 2.05) is 26.0 Å². The first-order valence-electron chi connectivity index (χ1n) is 7.73. The van der Waals surface area contributed by atoms with Gasteiger partial charge in [-0.05, 0) is 50.2 Å². The normalized spacial score (nSPS) is 13.6. The zero-order valence-electron chi connectivity index (χ0n) is 13.6. The Kier molecular flexibility index (Phi) is 4.53. The lowest BCUT2D eigenvalue weighted by atomic mass is 10.2. The standard InChI is InChI=1S/C17H20N2O4S/c1-12(2)18-13-3-5-14(6-4-13)19-24(20,21)15-7-8-16-17(11-15)23-10-9-22-16/h3-8,11-12,18-19H,9-10H2,1-2H3. The number of benzene rings is 2. The maximum absolute atomic E-state index is 12.5. The lowest BCUT2D eigenvalue weighted by molar-refractivity contribution is 0.171. The minimum absolute atomic E-state index is 0.135. The molecule has 7 heteroatoms. The fourth-order valence-corrected chi connectivity index (χ4v) is 3.45. The Morgan fingerprint density at radius 3 is 2.21 bits per heavy atom. The predicted octanol–water partition coefficient (Wildman–Crippen LogP) is 3.08. The Labute approximate surface area is 141 Å². The van der Waals surface area contributed by atoms with Gasteiger partial charge in [0.25, 0.3) is 10.0 Å². The van der Waals surface area contributed by atoms with E-state index in [2.05, 4.69) is 10.0 Å². The van der Waals surface area contributed by atoms with Crippen molar-refractivity contribution < 1.29 is 17.9 Å². The summed E-state index contributed by atoms with van der Waals surface area (Å²) in [6, 6.07) is 12.0. The molecule has 128 valence electrons. The Bertz CT molecular complexity index is 817. The van der Waals surface area contributed by atoms with E-state index in [1.54, 1.807) is 18.2 Å². The van der Waals surface area contributed by atoms with Crippen molar-refractivity contribution in [3.8, 4) is 11.5 Å². The van der Waals surface area contributed by atoms with Crippen molar-refractivity contribution >= 4 is 21.4 Å². The second-order valence-corrected chi connectivity index (χ2v) is 7.47. The topological polar surface area (TPSA) is 76.7 Å². The zero-order chi connectivity index (χ0) is 17.2. The molecule has 24 heavy (non-hydrogen) atoms. The Morgan fingerprint density at radius 2 is 1.54 bits per heavy atom. The molecule has 2 aromatic rings. The van der Waals surface area contributed by atoms with Crippen LogP contribution in [0.25, 0.3) is 0 Å². The van der Waals surface area contributed by atoms with E-state index in [0.717, 1.165) is 5.69 Å². The molecule has 1 aliphatic rings. The van der Waals surface area contributed by atoms with Crippen molar-refractivity contribution in [2.24, 2.45) is 0 Å². The summed E-state index contributed by atoms with van der Waals surface area (Å²) in [6.07, 6.45) is 0. The minimum Gasteiger partial charge on any atom is -0.486 e. The first kappa shape index (κ1) is 16.4. The van der Waals surface area contributed by atoms with Gasteiger partial charge in [-0.2, -0.15) is 0 Å². The van der Waals surface area contributed by atoms with Gasteiger partial charge in [0.2, 0.25) is 0 Å². The monoisotopic (exact) mass is 348 g/mol. The number of anilines is 2. The van der Waals surface area contributed by atoms with Crippen LogP contribution in [0.15, 0.2) is 47.4 Å². The maximum atomic E-state index is 12.5. The van der Waals surface area contributed by atoms with Crippen LogP contribution in [0.4, 0.5) is 11.4 Å². The van der Waals surface area contributed by atoms with E-state index >= 15 is 0 Å². The van der Waals surface area contributed by atoms with Gasteiger partial charge in [-0.1, -0.05) is 0 Å². The van der Waals surface area contributed by atoms with Gasteiger partial charge in [-0.15, -0.1) is 0 Å². The summed E-state index contributed by atoms with van der Waals surface area (Å²) in [6.45, 7) is 4.96. The van der Waals surface area contributed by atoms with Crippen LogP contribution in [0.2, 0.25) is 0 Å². The van der Waals surface area contributed by atoms with Crippen molar-refractivity contribution in [1.29, 1.82) is 0 Å². The van der Waals surface area contributed by atoms with Crippen molar-refractivity contribution in [2.45, 2.75) is 24.8 Å². The van der Waals surface area contributed by atoms with Crippen molar-refractivity contribution in [3.05, 3.63) is 42.5 Å². The van der Waals surface area contributed by atoms with E-state index in [0.29, 0.717) is 36.4 Å². The number of hydrogen-bond acceptors (Lipinski definition) is 5. The molecule has 0 bridgehead atoms. The molecule has 0 radical (unpaired) electrons. The number of rotatable bonds is 5. The first-order valence-corrected chi connectivity index (χ1v) is 9.21. The third kappa shape index (κ3) is 3.73. The molecule has 0 atom stereocenters. The molecular formula is C17H20N2O4S. The van der Waals surface area contributed by atoms with Crippen molar-refractivity contribution in [1.82, 2.24) is 0 Å². The molecule has 1 heterocycles. The summed E-state index contributed by atoms with van der Waals surface area (Å²) in [5.41, 5.74) is 1.44. The maximum Gasteiger partial charge on any atom is 0.262 e. The van der Waals surface area contributed by atoms with Crippen molar-refractivity contribution in [3.63, 3.8) is 0 Å². The highest BCUT2D eigenvalue weighted by Gasteiger charge is 2.19. The van der Waals surface area contributed by atoms with Gasteiger partial charge in [-0.3, -0.25) is 4.72 Å². The van der Waals surface area contributed by atoms with Crippen LogP contribution in [0.5, 0.6) is 11.5 Å². The summed E-state index contributed by atoms with van der Waals surface area (Å²) in [5, 5.41) is 3.25. The van der Waals surface area contributed by atoms with E-state index in [9.17, 15) is 8.42 Å². The smallest absolute Gasteiger partial charge is 0.262 e. The molecule has 0 aliphatic carbocycles. The van der Waals surface area contributed by atoms with Crippen LogP contribution in [0.3, 0.4) is 0 Å². The Hall–Kier alpha value is -2.41. The van der Waals surface area contributed by atoms with Gasteiger partial charge in [0.1, 0.15) is 13.2 Å². The van der Waals surface area contributed by atoms with E-state index in [-0.39, 0.29) is 4.90 Å². The Morgan fingerprint density at radius 1 is 0.917 bits per heavy atom. The molecule has 2 N–H and O–H groups in total. The van der Waals surface area contributed by atoms with Crippen LogP contribution in [0.1, 0.15) is 13.8 Å². The van der Waals surface area contributed by atoms with Gasteiger partial charge in [0.15, 0.2) is 11.5 Å². The summed E-state index contributed by atoms with van der Waals surface area (Å²) in [5.74, 6) is 1.00. The second-order valence-electron chi connectivity index (χ2n) is 5.79. The van der Waals surface area contributed by atoms with E-state index < -0.39 is 10.0 Å². The van der Waals surface area contributed by atoms with Crippen LogP contribution >= 0.6 is 0 Å². The number of sulfonamides is 1. The van der Waals surface area contributed by atoms with Gasteiger partial charge in [0.05, 0.1) is 4.90 Å². The molecule has 1 aliphatic heterocycles. The molecule has 0 saturated carbocycles. The van der Waals surface area contributed by atoms with Crippen LogP contribution in [0, 0.1) is 0 Å². The molecule has 0 fully saturated rings. The average molecular weight is 348 g/mol. The molecule has 0 saturated heterocycles. The third-order valence-electron chi connectivity index (χ3n) is 3.42. The van der Waals surface area contributed by atoms with Crippen LogP contribution in [-0.2, 0) is 10.0 Å². The average Bonchev–Trinajstić information content (AvgIpc) is 2.55. The third-order valence-corrected chi connectivity index (χ3v) is 4.80. The SMILES string of the molecule is CC(C)Nc1ccc(NS(=O)(=O)c2ccc3c(c2)OCCO3)cc1. The first-order chi connectivity index (χ1) is 11.4. The summed E-state index contributed by atoms with van der Waals surface area (Å²) in [7, 11) is -3.69. The molecule has 0 amide bonds. The lowest BCUT2D eigenvalue weighted by Crippen LogP contribution is -2.17. The number of nitrogens with one attached hydrogen (secondary N) is 2. The van der Waals surface area contributed by atoms with Gasteiger partial charge in [0, 0.05) is 23.5 Å². The van der Waals surface area contributed by atoms with Crippen molar-refractivity contribution in [2.75, 3.05) is 23.3 Å². The number of fused-ring (bicyclic) bond motifs is 1. The predicted molar refractivity (Wildman–Crippen MR) is 93.4 cm³/mol. The molecule has 0 aromatic heterocycles. The van der Waals surface area contributed by atoms with Gasteiger partial charge < -0.3 is 14.8 Å². The molecule has 3 rings (SSSR count). The minimum atomic E-state index is -3.69. The fraction of sp³-hybridized carbons (Fsp3) is 0.294. The molecule has 0 spiro atoms. The summed E-state index contributed by atoms with van der Waals surface area (Å²) in [4.78, 5) is 0.135. The van der Waals surface area contributed by atoms with Crippen LogP contribution in [-0.4, -0.2) is 27.7 Å². The second kappa shape index (κ2) is 6.60. The number of hydrogen-bond donors (Lipinski definition) is 2. The number of ether oxygens (including phenoxy) is 2. The highest BCUT2D eigenvalue weighted by Crippen LogP contribution is 2.32. The summed E-state index contributed by atoms with van der Waals surface area (Å²) >= 11 is 0. The molecule has 0 unspecified atom stereocenters.